The molecular formula is C27H33N3O4. The lowest BCUT2D eigenvalue weighted by atomic mass is 10.1. The van der Waals surface area contributed by atoms with Crippen LogP contribution >= 0.6 is 0 Å². The van der Waals surface area contributed by atoms with Crippen molar-refractivity contribution in [3.63, 3.8) is 0 Å². The molecule has 2 aromatic carbocycles. The van der Waals surface area contributed by atoms with Crippen molar-refractivity contribution >= 4 is 22.6 Å². The van der Waals surface area contributed by atoms with Crippen LogP contribution < -0.4 is 14.4 Å². The SMILES string of the molecule is COc1cc(OC)cc(C(=O)N(Cc2cc3cccc(C)c3nc2N(C)C)C[C@H]2CCCO2)c1. The minimum absolute atomic E-state index is 0.0231. The van der Waals surface area contributed by atoms with Crippen molar-refractivity contribution < 1.29 is 19.0 Å². The van der Waals surface area contributed by atoms with Crippen LogP contribution in [0, 0.1) is 6.92 Å². The zero-order chi connectivity index (χ0) is 24.2. The summed E-state index contributed by atoms with van der Waals surface area (Å²) in [5.41, 5.74) is 3.61. The smallest absolute Gasteiger partial charge is 0.254 e. The molecule has 7 nitrogen and oxygen atoms in total. The molecule has 4 rings (SSSR count). The van der Waals surface area contributed by atoms with Crippen LogP contribution in [0.5, 0.6) is 11.5 Å². The Labute approximate surface area is 201 Å². The molecule has 1 atom stereocenters. The number of amides is 1. The van der Waals surface area contributed by atoms with E-state index in [1.165, 1.54) is 0 Å². The van der Waals surface area contributed by atoms with Crippen LogP contribution in [0.15, 0.2) is 42.5 Å². The summed E-state index contributed by atoms with van der Waals surface area (Å²) in [5.74, 6) is 1.92. The number of benzene rings is 2. The van der Waals surface area contributed by atoms with E-state index in [-0.39, 0.29) is 12.0 Å². The standard InChI is InChI=1S/C27H33N3O4/c1-18-8-6-9-19-12-21(26(29(2)3)28-25(18)19)16-30(17-22-10-7-11-34-22)27(31)20-13-23(32-4)15-24(14-20)33-5/h6,8-9,12-15,22H,7,10-11,16-17H2,1-5H3/t22-/m1/s1. The van der Waals surface area contributed by atoms with Crippen LogP contribution in [0.25, 0.3) is 10.9 Å². The summed E-state index contributed by atoms with van der Waals surface area (Å²) in [6.45, 7) is 3.73. The molecule has 1 aliphatic rings. The molecule has 1 amide bonds. The summed E-state index contributed by atoms with van der Waals surface area (Å²) >= 11 is 0. The first-order valence-electron chi connectivity index (χ1n) is 11.6. The van der Waals surface area contributed by atoms with Crippen LogP contribution in [0.3, 0.4) is 0 Å². The molecule has 1 fully saturated rings. The number of rotatable bonds is 8. The van der Waals surface area contributed by atoms with E-state index in [9.17, 15) is 4.79 Å². The van der Waals surface area contributed by atoms with E-state index >= 15 is 0 Å². The van der Waals surface area contributed by atoms with Crippen molar-refractivity contribution in [3.05, 3.63) is 59.2 Å². The van der Waals surface area contributed by atoms with Gasteiger partial charge in [0.25, 0.3) is 5.91 Å². The largest absolute Gasteiger partial charge is 0.497 e. The number of pyridine rings is 1. The quantitative estimate of drug-likeness (QED) is 0.492. The second kappa shape index (κ2) is 10.3. The Kier molecular flexibility index (Phi) is 7.22. The zero-order valence-electron chi connectivity index (χ0n) is 20.6. The van der Waals surface area contributed by atoms with Crippen molar-refractivity contribution in [2.24, 2.45) is 0 Å². The average Bonchev–Trinajstić information content (AvgIpc) is 3.35. The molecule has 1 aromatic heterocycles. The molecule has 3 aromatic rings. The van der Waals surface area contributed by atoms with Gasteiger partial charge in [0.05, 0.1) is 25.8 Å². The molecule has 0 radical (unpaired) electrons. The molecular weight excluding hydrogens is 430 g/mol. The molecule has 0 bridgehead atoms. The molecule has 2 heterocycles. The van der Waals surface area contributed by atoms with E-state index < -0.39 is 0 Å². The van der Waals surface area contributed by atoms with Gasteiger partial charge in [-0.3, -0.25) is 4.79 Å². The number of anilines is 1. The van der Waals surface area contributed by atoms with Crippen molar-refractivity contribution in [3.8, 4) is 11.5 Å². The normalized spacial score (nSPS) is 15.4. The number of carbonyl (C=O) groups excluding carboxylic acids is 1. The minimum atomic E-state index is -0.0956. The number of carbonyl (C=O) groups is 1. The van der Waals surface area contributed by atoms with Crippen LogP contribution in [0.1, 0.15) is 34.3 Å². The van der Waals surface area contributed by atoms with Crippen molar-refractivity contribution in [2.75, 3.05) is 46.4 Å². The number of hydrogen-bond donors (Lipinski definition) is 0. The van der Waals surface area contributed by atoms with E-state index in [1.54, 1.807) is 32.4 Å². The van der Waals surface area contributed by atoms with Crippen LogP contribution in [-0.4, -0.2) is 63.4 Å². The number of aryl methyl sites for hydroxylation is 1. The number of hydrogen-bond acceptors (Lipinski definition) is 6. The highest BCUT2D eigenvalue weighted by atomic mass is 16.5. The highest BCUT2D eigenvalue weighted by molar-refractivity contribution is 5.95. The first-order chi connectivity index (χ1) is 16.4. The number of para-hydroxylation sites is 1. The van der Waals surface area contributed by atoms with E-state index in [0.717, 1.165) is 47.3 Å². The molecule has 180 valence electrons. The first kappa shape index (κ1) is 23.8. The number of aromatic nitrogens is 1. The van der Waals surface area contributed by atoms with Crippen molar-refractivity contribution in [1.82, 2.24) is 9.88 Å². The third kappa shape index (κ3) is 5.09. The summed E-state index contributed by atoms with van der Waals surface area (Å²) in [6, 6.07) is 13.6. The fourth-order valence-electron chi connectivity index (χ4n) is 4.46. The zero-order valence-corrected chi connectivity index (χ0v) is 20.6. The minimum Gasteiger partial charge on any atom is -0.497 e. The van der Waals surface area contributed by atoms with E-state index in [4.69, 9.17) is 19.2 Å². The highest BCUT2D eigenvalue weighted by Gasteiger charge is 2.26. The maximum atomic E-state index is 13.8. The van der Waals surface area contributed by atoms with Gasteiger partial charge in [-0.15, -0.1) is 0 Å². The van der Waals surface area contributed by atoms with Crippen molar-refractivity contribution in [2.45, 2.75) is 32.4 Å². The van der Waals surface area contributed by atoms with Crippen LogP contribution in [-0.2, 0) is 11.3 Å². The summed E-state index contributed by atoms with van der Waals surface area (Å²) in [7, 11) is 7.13. The lowest BCUT2D eigenvalue weighted by molar-refractivity contribution is 0.0507. The molecule has 0 saturated carbocycles. The fraction of sp³-hybridized carbons (Fsp3) is 0.407. The second-order valence-electron chi connectivity index (χ2n) is 8.93. The third-order valence-electron chi connectivity index (χ3n) is 6.22. The van der Waals surface area contributed by atoms with Crippen molar-refractivity contribution in [1.29, 1.82) is 0 Å². The van der Waals surface area contributed by atoms with E-state index in [0.29, 0.717) is 30.2 Å². The Morgan fingerprint density at radius 3 is 2.47 bits per heavy atom. The lowest BCUT2D eigenvalue weighted by Gasteiger charge is -2.28. The van der Waals surface area contributed by atoms with E-state index in [1.807, 2.05) is 30.0 Å². The molecule has 34 heavy (non-hydrogen) atoms. The lowest BCUT2D eigenvalue weighted by Crippen LogP contribution is -2.37. The summed E-state index contributed by atoms with van der Waals surface area (Å²) in [5, 5.41) is 1.06. The van der Waals surface area contributed by atoms with Gasteiger partial charge in [-0.05, 0) is 43.5 Å². The molecule has 7 heteroatoms. The Morgan fingerprint density at radius 1 is 1.12 bits per heavy atom. The van der Waals surface area contributed by atoms with Gasteiger partial charge >= 0.3 is 0 Å². The number of nitrogens with zero attached hydrogens (tertiary/aromatic N) is 3. The van der Waals surface area contributed by atoms with Gasteiger partial charge in [-0.25, -0.2) is 4.98 Å². The average molecular weight is 464 g/mol. The topological polar surface area (TPSA) is 64.1 Å². The van der Waals surface area contributed by atoms with Gasteiger partial charge in [-0.1, -0.05) is 18.2 Å². The van der Waals surface area contributed by atoms with Crippen LogP contribution in [0.2, 0.25) is 0 Å². The molecule has 1 saturated heterocycles. The Morgan fingerprint density at radius 2 is 1.85 bits per heavy atom. The monoisotopic (exact) mass is 463 g/mol. The first-order valence-corrected chi connectivity index (χ1v) is 11.6. The van der Waals surface area contributed by atoms with Crippen LogP contribution in [0.4, 0.5) is 5.82 Å². The molecule has 1 aliphatic heterocycles. The van der Waals surface area contributed by atoms with Gasteiger partial charge in [-0.2, -0.15) is 0 Å². The predicted octanol–water partition coefficient (Wildman–Crippen LogP) is 4.45. The maximum Gasteiger partial charge on any atom is 0.254 e. The Bertz CT molecular complexity index is 1150. The maximum absolute atomic E-state index is 13.8. The third-order valence-corrected chi connectivity index (χ3v) is 6.22. The molecule has 0 aliphatic carbocycles. The number of fused-ring (bicyclic) bond motifs is 1. The second-order valence-corrected chi connectivity index (χ2v) is 8.93. The predicted molar refractivity (Wildman–Crippen MR) is 134 cm³/mol. The summed E-state index contributed by atoms with van der Waals surface area (Å²) in [4.78, 5) is 22.6. The molecule has 0 N–H and O–H groups in total. The fourth-order valence-corrected chi connectivity index (χ4v) is 4.46. The summed E-state index contributed by atoms with van der Waals surface area (Å²) in [6.07, 6.45) is 1.98. The number of ether oxygens (including phenoxy) is 3. The van der Waals surface area contributed by atoms with Gasteiger partial charge in [0.15, 0.2) is 0 Å². The Balaban J connectivity index is 1.74. The molecule has 0 unspecified atom stereocenters. The highest BCUT2D eigenvalue weighted by Crippen LogP contribution is 2.28. The van der Waals surface area contributed by atoms with Gasteiger partial charge in [0.2, 0.25) is 0 Å². The van der Waals surface area contributed by atoms with Gasteiger partial charge in [0, 0.05) is 56.4 Å². The summed E-state index contributed by atoms with van der Waals surface area (Å²) < 4.78 is 16.7. The molecule has 0 spiro atoms. The van der Waals surface area contributed by atoms with E-state index in [2.05, 4.69) is 25.1 Å². The van der Waals surface area contributed by atoms with Gasteiger partial charge in [0.1, 0.15) is 17.3 Å². The Hall–Kier alpha value is -3.32. The van der Waals surface area contributed by atoms with Gasteiger partial charge < -0.3 is 24.0 Å². The number of methoxy groups -OCH3 is 2.